The highest BCUT2D eigenvalue weighted by atomic mass is 16.5. The summed E-state index contributed by atoms with van der Waals surface area (Å²) in [7, 11) is 0. The van der Waals surface area contributed by atoms with Gasteiger partial charge < -0.3 is 14.6 Å². The number of hydrogen-bond acceptors (Lipinski definition) is 4. The van der Waals surface area contributed by atoms with Crippen LogP contribution in [0.25, 0.3) is 0 Å². The lowest BCUT2D eigenvalue weighted by molar-refractivity contribution is 0.0238. The van der Waals surface area contributed by atoms with Gasteiger partial charge in [-0.25, -0.2) is 0 Å². The third-order valence-electron chi connectivity index (χ3n) is 4.42. The largest absolute Gasteiger partial charge is 0.381 e. The maximum Gasteiger partial charge on any atom is 0.0960 e. The average Bonchev–Trinajstić information content (AvgIpc) is 3.04. The van der Waals surface area contributed by atoms with Crippen molar-refractivity contribution in [2.24, 2.45) is 0 Å². The van der Waals surface area contributed by atoms with Crippen LogP contribution in [0, 0.1) is 0 Å². The lowest BCUT2D eigenvalue weighted by Gasteiger charge is -2.21. The van der Waals surface area contributed by atoms with Crippen molar-refractivity contribution in [2.75, 3.05) is 19.9 Å². The van der Waals surface area contributed by atoms with Gasteiger partial charge in [-0.05, 0) is 17.5 Å². The maximum atomic E-state index is 9.57. The molecule has 0 amide bonds. The van der Waals surface area contributed by atoms with Gasteiger partial charge in [0.05, 0.1) is 32.7 Å². The highest BCUT2D eigenvalue weighted by molar-refractivity contribution is 5.14. The van der Waals surface area contributed by atoms with Gasteiger partial charge >= 0.3 is 0 Å². The van der Waals surface area contributed by atoms with E-state index in [1.807, 2.05) is 41.3 Å². The van der Waals surface area contributed by atoms with Gasteiger partial charge in [-0.1, -0.05) is 60.7 Å². The summed E-state index contributed by atoms with van der Waals surface area (Å²) in [5.41, 5.74) is 2.35. The average molecular weight is 327 g/mol. The summed E-state index contributed by atoms with van der Waals surface area (Å²) in [6.07, 6.45) is 1.03. The highest BCUT2D eigenvalue weighted by Crippen LogP contribution is 2.21. The number of ether oxygens (including phenoxy) is 2. The van der Waals surface area contributed by atoms with Gasteiger partial charge in [-0.3, -0.25) is 4.90 Å². The molecule has 2 unspecified atom stereocenters. The topological polar surface area (TPSA) is 41.9 Å². The predicted molar refractivity (Wildman–Crippen MR) is 93.3 cm³/mol. The number of benzene rings is 2. The quantitative estimate of drug-likeness (QED) is 0.809. The molecule has 0 saturated carbocycles. The van der Waals surface area contributed by atoms with Crippen LogP contribution in [0.4, 0.5) is 0 Å². The molecule has 3 rings (SSSR count). The number of rotatable bonds is 8. The molecule has 2 aromatic carbocycles. The molecule has 0 spiro atoms. The van der Waals surface area contributed by atoms with Gasteiger partial charge in [0.15, 0.2) is 0 Å². The number of aliphatic hydroxyl groups is 1. The fourth-order valence-electron chi connectivity index (χ4n) is 3.08. The SMILES string of the molecule is OCN1CC(OCc2ccccc2)CC1COCc1ccccc1. The fourth-order valence-corrected chi connectivity index (χ4v) is 3.08. The van der Waals surface area contributed by atoms with E-state index in [1.54, 1.807) is 0 Å². The summed E-state index contributed by atoms with van der Waals surface area (Å²) in [5, 5.41) is 9.57. The van der Waals surface area contributed by atoms with Crippen molar-refractivity contribution in [3.63, 3.8) is 0 Å². The van der Waals surface area contributed by atoms with E-state index < -0.39 is 0 Å². The van der Waals surface area contributed by atoms with Crippen molar-refractivity contribution in [3.05, 3.63) is 71.8 Å². The van der Waals surface area contributed by atoms with Crippen LogP contribution in [0.2, 0.25) is 0 Å². The molecule has 0 radical (unpaired) electrons. The molecule has 0 aliphatic carbocycles. The van der Waals surface area contributed by atoms with E-state index in [0.717, 1.165) is 13.0 Å². The Labute approximate surface area is 143 Å². The molecule has 1 heterocycles. The van der Waals surface area contributed by atoms with E-state index in [-0.39, 0.29) is 18.9 Å². The molecular formula is C20H25NO3. The molecule has 1 saturated heterocycles. The van der Waals surface area contributed by atoms with Gasteiger partial charge in [-0.2, -0.15) is 0 Å². The van der Waals surface area contributed by atoms with Crippen LogP contribution in [0.1, 0.15) is 17.5 Å². The zero-order chi connectivity index (χ0) is 16.6. The highest BCUT2D eigenvalue weighted by Gasteiger charge is 2.32. The van der Waals surface area contributed by atoms with Crippen LogP contribution >= 0.6 is 0 Å². The summed E-state index contributed by atoms with van der Waals surface area (Å²) >= 11 is 0. The molecule has 2 aromatic rings. The van der Waals surface area contributed by atoms with Gasteiger partial charge in [-0.15, -0.1) is 0 Å². The molecule has 0 aromatic heterocycles. The lowest BCUT2D eigenvalue weighted by Crippen LogP contribution is -2.34. The van der Waals surface area contributed by atoms with Crippen LogP contribution in [-0.4, -0.2) is 42.0 Å². The Morgan fingerprint density at radius 1 is 0.917 bits per heavy atom. The first-order valence-electron chi connectivity index (χ1n) is 8.47. The Morgan fingerprint density at radius 2 is 1.54 bits per heavy atom. The Bertz CT molecular complexity index is 590. The minimum Gasteiger partial charge on any atom is -0.381 e. The molecule has 1 fully saturated rings. The van der Waals surface area contributed by atoms with E-state index in [1.165, 1.54) is 11.1 Å². The van der Waals surface area contributed by atoms with E-state index in [0.29, 0.717) is 19.8 Å². The van der Waals surface area contributed by atoms with Gasteiger partial charge in [0.25, 0.3) is 0 Å². The van der Waals surface area contributed by atoms with Crippen molar-refractivity contribution < 1.29 is 14.6 Å². The Balaban J connectivity index is 1.43. The molecule has 1 N–H and O–H groups in total. The van der Waals surface area contributed by atoms with E-state index >= 15 is 0 Å². The second-order valence-electron chi connectivity index (χ2n) is 6.22. The first-order valence-corrected chi connectivity index (χ1v) is 8.47. The molecule has 2 atom stereocenters. The number of nitrogens with zero attached hydrogens (tertiary/aromatic N) is 1. The van der Waals surface area contributed by atoms with E-state index in [4.69, 9.17) is 9.47 Å². The third-order valence-corrected chi connectivity index (χ3v) is 4.42. The Kier molecular flexibility index (Phi) is 6.38. The van der Waals surface area contributed by atoms with Crippen molar-refractivity contribution in [1.82, 2.24) is 4.90 Å². The van der Waals surface area contributed by atoms with Crippen molar-refractivity contribution >= 4 is 0 Å². The first kappa shape index (κ1) is 17.1. The number of aliphatic hydroxyl groups excluding tert-OH is 1. The Hall–Kier alpha value is -1.72. The second-order valence-corrected chi connectivity index (χ2v) is 6.22. The smallest absolute Gasteiger partial charge is 0.0960 e. The van der Waals surface area contributed by atoms with Crippen LogP contribution in [0.15, 0.2) is 60.7 Å². The molecule has 128 valence electrons. The molecule has 24 heavy (non-hydrogen) atoms. The minimum atomic E-state index is 0.0462. The molecule has 4 heteroatoms. The van der Waals surface area contributed by atoms with Crippen LogP contribution in [0.3, 0.4) is 0 Å². The normalized spacial score (nSPS) is 21.2. The maximum absolute atomic E-state index is 9.57. The van der Waals surface area contributed by atoms with E-state index in [9.17, 15) is 5.11 Å². The van der Waals surface area contributed by atoms with Crippen molar-refractivity contribution in [3.8, 4) is 0 Å². The molecule has 0 bridgehead atoms. The summed E-state index contributed by atoms with van der Waals surface area (Å²) in [5.74, 6) is 0. The summed E-state index contributed by atoms with van der Waals surface area (Å²) in [4.78, 5) is 2.03. The summed E-state index contributed by atoms with van der Waals surface area (Å²) < 4.78 is 11.8. The summed E-state index contributed by atoms with van der Waals surface area (Å²) in [6, 6.07) is 20.5. The second kappa shape index (κ2) is 8.94. The van der Waals surface area contributed by atoms with Gasteiger partial charge in [0, 0.05) is 12.6 Å². The standard InChI is InChI=1S/C20H25NO3/c22-16-21-12-20(24-14-18-9-5-2-6-10-18)11-19(21)15-23-13-17-7-3-1-4-8-17/h1-10,19-20,22H,11-16H2. The lowest BCUT2D eigenvalue weighted by atomic mass is 10.2. The predicted octanol–water partition coefficient (Wildman–Crippen LogP) is 2.81. The van der Waals surface area contributed by atoms with Crippen LogP contribution in [0.5, 0.6) is 0 Å². The first-order chi connectivity index (χ1) is 11.8. The Morgan fingerprint density at radius 3 is 2.17 bits per heavy atom. The monoisotopic (exact) mass is 327 g/mol. The molecule has 4 nitrogen and oxygen atoms in total. The molecule has 1 aliphatic rings. The zero-order valence-corrected chi connectivity index (χ0v) is 13.9. The molecule has 1 aliphatic heterocycles. The van der Waals surface area contributed by atoms with Crippen LogP contribution in [-0.2, 0) is 22.7 Å². The summed E-state index contributed by atoms with van der Waals surface area (Å²) in [6.45, 7) is 2.63. The minimum absolute atomic E-state index is 0.0462. The number of hydrogen-bond donors (Lipinski definition) is 1. The van der Waals surface area contributed by atoms with E-state index in [2.05, 4.69) is 24.3 Å². The number of likely N-dealkylation sites (tertiary alicyclic amines) is 1. The van der Waals surface area contributed by atoms with Crippen LogP contribution < -0.4 is 0 Å². The van der Waals surface area contributed by atoms with Crippen molar-refractivity contribution in [2.45, 2.75) is 31.8 Å². The zero-order valence-electron chi connectivity index (χ0n) is 13.9. The fraction of sp³-hybridized carbons (Fsp3) is 0.400. The third kappa shape index (κ3) is 4.89. The molecular weight excluding hydrogens is 302 g/mol. The van der Waals surface area contributed by atoms with Gasteiger partial charge in [0.2, 0.25) is 0 Å². The van der Waals surface area contributed by atoms with Crippen molar-refractivity contribution in [1.29, 1.82) is 0 Å². The van der Waals surface area contributed by atoms with Gasteiger partial charge in [0.1, 0.15) is 0 Å².